The highest BCUT2D eigenvalue weighted by Crippen LogP contribution is 2.12. The molecule has 1 aromatic carbocycles. The highest BCUT2D eigenvalue weighted by Gasteiger charge is 2.27. The zero-order valence-corrected chi connectivity index (χ0v) is 26.4. The van der Waals surface area contributed by atoms with Crippen LogP contribution in [0.25, 0.3) is 11.2 Å². The summed E-state index contributed by atoms with van der Waals surface area (Å²) in [6.45, 7) is 2.21. The highest BCUT2D eigenvalue weighted by atomic mass is 16.4. The maximum Gasteiger partial charge on any atom is 0.326 e. The predicted molar refractivity (Wildman–Crippen MR) is 176 cm³/mol. The van der Waals surface area contributed by atoms with Crippen LogP contribution < -0.4 is 44.0 Å². The standard InChI is InChI=1S/C29H38N12O8/c1-14(3-2-10-33-28(30)31)36-25(46)19(11-21(43)44)38-20(42)9-8-18(27(48)49)39-24(45)15-4-6-16(7-5-15)34-12-17-13-35-23-22(37-17)26(47)41-29(32)40-23/h4-7,13-14,18-19,34H,2-3,8-12H2,1H3,(H,36,46)(H,38,42)(H,39,45)(H,43,44)(H,48,49)(H4,30,31,33)(H3,32,35,40,41,47). The van der Waals surface area contributed by atoms with Gasteiger partial charge in [-0.1, -0.05) is 0 Å². The molecule has 0 aliphatic carbocycles. The molecule has 3 unspecified atom stereocenters. The fourth-order valence-corrected chi connectivity index (χ4v) is 4.43. The number of nitrogen functional groups attached to an aromatic ring is 1. The molecule has 20 heteroatoms. The van der Waals surface area contributed by atoms with E-state index in [1.807, 2.05) is 0 Å². The van der Waals surface area contributed by atoms with Crippen molar-refractivity contribution in [2.75, 3.05) is 17.6 Å². The first-order chi connectivity index (χ1) is 23.2. The van der Waals surface area contributed by atoms with Gasteiger partial charge in [0.1, 0.15) is 12.1 Å². The molecule has 3 amide bonds. The number of guanidine groups is 1. The number of benzene rings is 1. The minimum Gasteiger partial charge on any atom is -0.481 e. The largest absolute Gasteiger partial charge is 0.481 e. The lowest BCUT2D eigenvalue weighted by atomic mass is 10.1. The van der Waals surface area contributed by atoms with Crippen molar-refractivity contribution in [1.29, 1.82) is 0 Å². The lowest BCUT2D eigenvalue weighted by Gasteiger charge is -2.21. The highest BCUT2D eigenvalue weighted by molar-refractivity contribution is 5.97. The molecule has 0 saturated heterocycles. The van der Waals surface area contributed by atoms with Crippen molar-refractivity contribution in [2.24, 2.45) is 16.5 Å². The molecule has 2 aromatic heterocycles. The van der Waals surface area contributed by atoms with E-state index in [0.29, 0.717) is 30.8 Å². The molecule has 3 aromatic rings. The van der Waals surface area contributed by atoms with Crippen molar-refractivity contribution in [3.63, 3.8) is 0 Å². The number of nitrogens with one attached hydrogen (secondary N) is 5. The molecular formula is C29H38N12O8. The first-order valence-electron chi connectivity index (χ1n) is 15.0. The van der Waals surface area contributed by atoms with E-state index < -0.39 is 60.1 Å². The van der Waals surface area contributed by atoms with Crippen LogP contribution in [0.5, 0.6) is 0 Å². The van der Waals surface area contributed by atoms with E-state index in [4.69, 9.17) is 17.2 Å². The monoisotopic (exact) mass is 682 g/mol. The normalized spacial score (nSPS) is 12.6. The summed E-state index contributed by atoms with van der Waals surface area (Å²) >= 11 is 0. The minimum atomic E-state index is -1.47. The Bertz CT molecular complexity index is 1760. The SMILES string of the molecule is CC(CCCN=C(N)N)NC(=O)C(CC(=O)O)NC(=O)CCC(NC(=O)c1ccc(NCc2cnc3nc(N)[nH]c(=O)c3n2)cc1)C(=O)O. The second kappa shape index (κ2) is 17.5. The van der Waals surface area contributed by atoms with E-state index >= 15 is 0 Å². The molecule has 20 nitrogen and oxygen atoms in total. The summed E-state index contributed by atoms with van der Waals surface area (Å²) in [6, 6.07) is 2.78. The maximum atomic E-state index is 12.8. The number of H-pyrrole nitrogens is 1. The van der Waals surface area contributed by atoms with E-state index in [1.165, 1.54) is 18.3 Å². The fraction of sp³-hybridized carbons (Fsp3) is 0.379. The third-order valence-corrected chi connectivity index (χ3v) is 6.88. The molecule has 3 rings (SSSR count). The Balaban J connectivity index is 1.51. The molecule has 13 N–H and O–H groups in total. The lowest BCUT2D eigenvalue weighted by molar-refractivity contribution is -0.140. The van der Waals surface area contributed by atoms with Crippen LogP contribution in [0.2, 0.25) is 0 Å². The van der Waals surface area contributed by atoms with Crippen molar-refractivity contribution in [3.05, 3.63) is 52.1 Å². The van der Waals surface area contributed by atoms with Crippen LogP contribution >= 0.6 is 0 Å². The fourth-order valence-electron chi connectivity index (χ4n) is 4.43. The van der Waals surface area contributed by atoms with Gasteiger partial charge in [-0.3, -0.25) is 33.9 Å². The molecule has 49 heavy (non-hydrogen) atoms. The molecule has 3 atom stereocenters. The van der Waals surface area contributed by atoms with E-state index in [0.717, 1.165) is 0 Å². The van der Waals surface area contributed by atoms with Gasteiger partial charge in [0.05, 0.1) is 24.9 Å². The summed E-state index contributed by atoms with van der Waals surface area (Å²) in [5, 5.41) is 29.3. The van der Waals surface area contributed by atoms with E-state index in [2.05, 4.69) is 46.2 Å². The maximum absolute atomic E-state index is 12.8. The van der Waals surface area contributed by atoms with Crippen LogP contribution in [-0.4, -0.2) is 90.4 Å². The van der Waals surface area contributed by atoms with Crippen LogP contribution in [0.15, 0.2) is 40.2 Å². The average Bonchev–Trinajstić information content (AvgIpc) is 3.03. The molecule has 0 radical (unpaired) electrons. The molecule has 0 aliphatic rings. The molecule has 2 heterocycles. The van der Waals surface area contributed by atoms with E-state index in [9.17, 15) is 39.0 Å². The predicted octanol–water partition coefficient (Wildman–Crippen LogP) is -1.61. The number of hydrogen-bond acceptors (Lipinski definition) is 12. The number of aliphatic imine (C=N–C) groups is 1. The van der Waals surface area contributed by atoms with E-state index in [-0.39, 0.29) is 47.6 Å². The molecular weight excluding hydrogens is 644 g/mol. The van der Waals surface area contributed by atoms with Gasteiger partial charge in [-0.2, -0.15) is 4.98 Å². The van der Waals surface area contributed by atoms with Gasteiger partial charge in [0.2, 0.25) is 17.8 Å². The number of carboxylic acids is 2. The van der Waals surface area contributed by atoms with Gasteiger partial charge in [0.25, 0.3) is 11.5 Å². The Morgan fingerprint density at radius 3 is 2.35 bits per heavy atom. The van der Waals surface area contributed by atoms with Crippen LogP contribution in [0, 0.1) is 0 Å². The van der Waals surface area contributed by atoms with Crippen molar-refractivity contribution >= 4 is 58.4 Å². The van der Waals surface area contributed by atoms with Gasteiger partial charge in [-0.05, 0) is 50.5 Å². The molecule has 0 bridgehead atoms. The Kier molecular flexibility index (Phi) is 13.3. The Morgan fingerprint density at radius 2 is 1.69 bits per heavy atom. The first kappa shape index (κ1) is 37.1. The van der Waals surface area contributed by atoms with Crippen LogP contribution in [0.4, 0.5) is 11.6 Å². The zero-order valence-electron chi connectivity index (χ0n) is 26.4. The van der Waals surface area contributed by atoms with Gasteiger partial charge < -0.3 is 48.7 Å². The number of nitrogens with zero attached hydrogens (tertiary/aromatic N) is 4. The number of aromatic nitrogens is 4. The topological polar surface area (TPSA) is 336 Å². The van der Waals surface area contributed by atoms with Crippen molar-refractivity contribution < 1.29 is 34.2 Å². The van der Waals surface area contributed by atoms with Gasteiger partial charge in [0.15, 0.2) is 17.1 Å². The summed E-state index contributed by atoms with van der Waals surface area (Å²) in [5.74, 6) is -5.10. The molecule has 0 saturated carbocycles. The summed E-state index contributed by atoms with van der Waals surface area (Å²) < 4.78 is 0. The minimum absolute atomic E-state index is 0.0228. The Labute approximate surface area is 278 Å². The number of fused-ring (bicyclic) bond motifs is 1. The summed E-state index contributed by atoms with van der Waals surface area (Å²) in [4.78, 5) is 91.8. The zero-order chi connectivity index (χ0) is 36.1. The first-order valence-corrected chi connectivity index (χ1v) is 15.0. The summed E-state index contributed by atoms with van der Waals surface area (Å²) in [7, 11) is 0. The van der Waals surface area contributed by atoms with Crippen LogP contribution in [0.3, 0.4) is 0 Å². The van der Waals surface area contributed by atoms with Crippen LogP contribution in [0.1, 0.15) is 55.1 Å². The van der Waals surface area contributed by atoms with Gasteiger partial charge >= 0.3 is 11.9 Å². The number of carbonyl (C=O) groups is 5. The van der Waals surface area contributed by atoms with E-state index in [1.54, 1.807) is 19.1 Å². The Hall–Kier alpha value is -6.34. The Morgan fingerprint density at radius 1 is 0.980 bits per heavy atom. The number of rotatable bonds is 18. The number of aromatic amines is 1. The molecule has 0 aliphatic heterocycles. The quantitative estimate of drug-likeness (QED) is 0.0410. The van der Waals surface area contributed by atoms with Crippen molar-refractivity contribution in [2.45, 2.75) is 63.7 Å². The summed E-state index contributed by atoms with van der Waals surface area (Å²) in [5.41, 5.74) is 16.8. The van der Waals surface area contributed by atoms with Crippen LogP contribution in [-0.2, 0) is 25.7 Å². The molecule has 0 spiro atoms. The number of nitrogens with two attached hydrogens (primary N) is 3. The van der Waals surface area contributed by atoms with Gasteiger partial charge in [-0.15, -0.1) is 0 Å². The average molecular weight is 683 g/mol. The number of anilines is 2. The van der Waals surface area contributed by atoms with Gasteiger partial charge in [0, 0.05) is 30.3 Å². The van der Waals surface area contributed by atoms with Gasteiger partial charge in [-0.25, -0.2) is 14.8 Å². The molecule has 0 fully saturated rings. The smallest absolute Gasteiger partial charge is 0.326 e. The number of hydrogen-bond donors (Lipinski definition) is 10. The number of amides is 3. The van der Waals surface area contributed by atoms with Crippen molar-refractivity contribution in [3.8, 4) is 0 Å². The third-order valence-electron chi connectivity index (χ3n) is 6.88. The number of carboxylic acid groups (broad SMARTS) is 2. The second-order valence-corrected chi connectivity index (χ2v) is 10.9. The number of carbonyl (C=O) groups excluding carboxylic acids is 3. The second-order valence-electron chi connectivity index (χ2n) is 10.9. The van der Waals surface area contributed by atoms with Crippen molar-refractivity contribution in [1.82, 2.24) is 35.9 Å². The molecule has 262 valence electrons. The third kappa shape index (κ3) is 12.1. The lowest BCUT2D eigenvalue weighted by Crippen LogP contribution is -2.50. The number of aliphatic carboxylic acids is 2. The summed E-state index contributed by atoms with van der Waals surface area (Å²) in [6.07, 6.45) is 0.980.